The fourth-order valence-electron chi connectivity index (χ4n) is 0.888. The molecular weight excluding hydrogens is 201 g/mol. The van der Waals surface area contributed by atoms with Crippen molar-refractivity contribution in [1.82, 2.24) is 5.48 Å². The van der Waals surface area contributed by atoms with Gasteiger partial charge in [0.05, 0.1) is 6.10 Å². The molecule has 1 aromatic rings. The van der Waals surface area contributed by atoms with Crippen LogP contribution in [0.5, 0.6) is 0 Å². The second-order valence-corrected chi connectivity index (χ2v) is 3.10. The van der Waals surface area contributed by atoms with Crippen LogP contribution in [0.2, 0.25) is 0 Å². The van der Waals surface area contributed by atoms with E-state index >= 15 is 0 Å². The molecule has 0 fully saturated rings. The third-order valence-electron chi connectivity index (χ3n) is 1.60. The summed E-state index contributed by atoms with van der Waals surface area (Å²) in [6.45, 7) is 1.54. The lowest BCUT2D eigenvalue weighted by Gasteiger charge is -2.07. The van der Waals surface area contributed by atoms with Gasteiger partial charge in [-0.2, -0.15) is 0 Å². The van der Waals surface area contributed by atoms with Gasteiger partial charge in [0.15, 0.2) is 0 Å². The van der Waals surface area contributed by atoms with E-state index in [2.05, 4.69) is 5.48 Å². The number of aliphatic hydroxyl groups excluding tert-OH is 1. The molecule has 1 rings (SSSR count). The van der Waals surface area contributed by atoms with E-state index in [0.717, 1.165) is 0 Å². The van der Waals surface area contributed by atoms with Crippen LogP contribution < -0.4 is 5.48 Å². The first-order valence-electron chi connectivity index (χ1n) is 4.45. The highest BCUT2D eigenvalue weighted by molar-refractivity contribution is 5.93. The molecule has 4 nitrogen and oxygen atoms in total. The van der Waals surface area contributed by atoms with Crippen LogP contribution in [0, 0.1) is 5.82 Å². The Labute approximate surface area is 86.6 Å². The van der Waals surface area contributed by atoms with Crippen molar-refractivity contribution in [2.24, 2.45) is 0 Å². The molecule has 0 radical (unpaired) electrons. The van der Waals surface area contributed by atoms with E-state index in [1.54, 1.807) is 0 Å². The second-order valence-electron chi connectivity index (χ2n) is 3.10. The molecule has 0 aliphatic carbocycles. The van der Waals surface area contributed by atoms with Gasteiger partial charge < -0.3 is 5.11 Å². The third kappa shape index (κ3) is 4.05. The summed E-state index contributed by atoms with van der Waals surface area (Å²) in [5.41, 5.74) is 2.42. The van der Waals surface area contributed by atoms with E-state index in [0.29, 0.717) is 5.56 Å². The first-order chi connectivity index (χ1) is 7.09. The number of amides is 1. The summed E-state index contributed by atoms with van der Waals surface area (Å²) in [5.74, 6) is -0.882. The Balaban J connectivity index is 2.43. The van der Waals surface area contributed by atoms with Crippen molar-refractivity contribution in [3.8, 4) is 0 Å². The molecule has 1 unspecified atom stereocenters. The highest BCUT2D eigenvalue weighted by Gasteiger charge is 2.05. The monoisotopic (exact) mass is 213 g/mol. The van der Waals surface area contributed by atoms with Crippen molar-refractivity contribution in [2.75, 3.05) is 6.61 Å². The van der Waals surface area contributed by atoms with Gasteiger partial charge in [0, 0.05) is 5.56 Å². The predicted molar refractivity (Wildman–Crippen MR) is 51.5 cm³/mol. The van der Waals surface area contributed by atoms with Crippen LogP contribution >= 0.6 is 0 Å². The maximum absolute atomic E-state index is 12.5. The van der Waals surface area contributed by atoms with E-state index in [9.17, 15) is 9.18 Å². The maximum atomic E-state index is 12.5. The molecule has 1 amide bonds. The summed E-state index contributed by atoms with van der Waals surface area (Å²) < 4.78 is 12.5. The van der Waals surface area contributed by atoms with Crippen molar-refractivity contribution < 1.29 is 19.1 Å². The molecule has 0 heterocycles. The third-order valence-corrected chi connectivity index (χ3v) is 1.60. The maximum Gasteiger partial charge on any atom is 0.274 e. The molecule has 0 saturated carbocycles. The molecule has 1 aromatic carbocycles. The van der Waals surface area contributed by atoms with Gasteiger partial charge in [0.2, 0.25) is 0 Å². The van der Waals surface area contributed by atoms with Gasteiger partial charge in [-0.3, -0.25) is 9.63 Å². The topological polar surface area (TPSA) is 58.6 Å². The lowest BCUT2D eigenvalue weighted by Crippen LogP contribution is -2.27. The zero-order valence-electron chi connectivity index (χ0n) is 8.24. The molecule has 5 heteroatoms. The minimum Gasteiger partial charge on any atom is -0.391 e. The Morgan fingerprint density at radius 2 is 2.13 bits per heavy atom. The Hall–Kier alpha value is -1.46. The molecule has 15 heavy (non-hydrogen) atoms. The summed E-state index contributed by atoms with van der Waals surface area (Å²) >= 11 is 0. The van der Waals surface area contributed by atoms with Crippen molar-refractivity contribution >= 4 is 5.91 Å². The lowest BCUT2D eigenvalue weighted by atomic mass is 10.2. The highest BCUT2D eigenvalue weighted by atomic mass is 19.1. The average molecular weight is 213 g/mol. The van der Waals surface area contributed by atoms with Crippen LogP contribution in [0.1, 0.15) is 17.3 Å². The van der Waals surface area contributed by atoms with Crippen LogP contribution in [-0.2, 0) is 4.84 Å². The summed E-state index contributed by atoms with van der Waals surface area (Å²) in [6, 6.07) is 5.06. The summed E-state index contributed by atoms with van der Waals surface area (Å²) in [4.78, 5) is 16.0. The zero-order valence-corrected chi connectivity index (χ0v) is 8.24. The van der Waals surface area contributed by atoms with E-state index in [1.165, 1.54) is 31.2 Å². The van der Waals surface area contributed by atoms with Gasteiger partial charge in [-0.05, 0) is 31.2 Å². The number of nitrogens with one attached hydrogen (secondary N) is 1. The number of hydrogen-bond acceptors (Lipinski definition) is 3. The minimum absolute atomic E-state index is 0.00688. The molecule has 82 valence electrons. The standard InChI is InChI=1S/C10H12FNO3/c1-7(13)6-15-12-10(14)8-2-4-9(11)5-3-8/h2-5,7,13H,6H2,1H3,(H,12,14). The van der Waals surface area contributed by atoms with Crippen LogP contribution in [-0.4, -0.2) is 23.7 Å². The largest absolute Gasteiger partial charge is 0.391 e. The first-order valence-corrected chi connectivity index (χ1v) is 4.45. The molecule has 0 aliphatic rings. The fraction of sp³-hybridized carbons (Fsp3) is 0.300. The first kappa shape index (κ1) is 11.6. The molecule has 1 atom stereocenters. The SMILES string of the molecule is CC(O)CONC(=O)c1ccc(F)cc1. The second kappa shape index (κ2) is 5.43. The quantitative estimate of drug-likeness (QED) is 0.729. The Bertz CT molecular complexity index is 324. The molecular formula is C10H12FNO3. The van der Waals surface area contributed by atoms with Gasteiger partial charge >= 0.3 is 0 Å². The van der Waals surface area contributed by atoms with Gasteiger partial charge in [0.25, 0.3) is 5.91 Å². The number of carbonyl (C=O) groups excluding carboxylic acids is 1. The molecule has 0 saturated heterocycles. The zero-order chi connectivity index (χ0) is 11.3. The van der Waals surface area contributed by atoms with E-state index in [1.807, 2.05) is 0 Å². The number of hydrogen-bond donors (Lipinski definition) is 2. The molecule has 0 spiro atoms. The predicted octanol–water partition coefficient (Wildman–Crippen LogP) is 0.868. The molecule has 0 bridgehead atoms. The minimum atomic E-state index is -0.654. The van der Waals surface area contributed by atoms with Crippen LogP contribution in [0.25, 0.3) is 0 Å². The Kier molecular flexibility index (Phi) is 4.20. The van der Waals surface area contributed by atoms with Crippen LogP contribution in [0.15, 0.2) is 24.3 Å². The average Bonchev–Trinajstić information content (AvgIpc) is 2.18. The number of carbonyl (C=O) groups is 1. The molecule has 0 aliphatic heterocycles. The number of halogens is 1. The number of rotatable bonds is 4. The Morgan fingerprint density at radius 1 is 1.53 bits per heavy atom. The molecule has 2 N–H and O–H groups in total. The van der Waals surface area contributed by atoms with Crippen molar-refractivity contribution in [3.05, 3.63) is 35.6 Å². The molecule has 0 aromatic heterocycles. The van der Waals surface area contributed by atoms with Gasteiger partial charge in [-0.25, -0.2) is 9.87 Å². The van der Waals surface area contributed by atoms with E-state index in [-0.39, 0.29) is 6.61 Å². The smallest absolute Gasteiger partial charge is 0.274 e. The van der Waals surface area contributed by atoms with Gasteiger partial charge in [0.1, 0.15) is 12.4 Å². The fourth-order valence-corrected chi connectivity index (χ4v) is 0.888. The Morgan fingerprint density at radius 3 is 2.67 bits per heavy atom. The normalized spacial score (nSPS) is 12.2. The number of benzene rings is 1. The van der Waals surface area contributed by atoms with E-state index < -0.39 is 17.8 Å². The summed E-state index contributed by atoms with van der Waals surface area (Å²) in [7, 11) is 0. The highest BCUT2D eigenvalue weighted by Crippen LogP contribution is 2.02. The summed E-state index contributed by atoms with van der Waals surface area (Å²) in [6.07, 6.45) is -0.654. The number of hydroxylamine groups is 1. The van der Waals surface area contributed by atoms with Gasteiger partial charge in [-0.1, -0.05) is 0 Å². The number of aliphatic hydroxyl groups is 1. The lowest BCUT2D eigenvalue weighted by molar-refractivity contribution is -0.00687. The van der Waals surface area contributed by atoms with Crippen LogP contribution in [0.4, 0.5) is 4.39 Å². The van der Waals surface area contributed by atoms with Crippen molar-refractivity contribution in [2.45, 2.75) is 13.0 Å². The van der Waals surface area contributed by atoms with E-state index in [4.69, 9.17) is 9.94 Å². The van der Waals surface area contributed by atoms with Crippen molar-refractivity contribution in [1.29, 1.82) is 0 Å². The van der Waals surface area contributed by atoms with Gasteiger partial charge in [-0.15, -0.1) is 0 Å². The van der Waals surface area contributed by atoms with Crippen LogP contribution in [0.3, 0.4) is 0 Å². The summed E-state index contributed by atoms with van der Waals surface area (Å²) in [5, 5.41) is 8.85. The van der Waals surface area contributed by atoms with Crippen molar-refractivity contribution in [3.63, 3.8) is 0 Å².